The van der Waals surface area contributed by atoms with Gasteiger partial charge in [-0.15, -0.1) is 0 Å². The standard InChI is InChI=1S/C20H25N3O2/c1-16-4-2-3-5-18(16)23-12-10-22(11-13-23)9-8-21-17-6-7-19-20(14-17)25-15-24-19/h2-7,14,21H,8-13,15H2,1H3. The lowest BCUT2D eigenvalue weighted by molar-refractivity contribution is 0.174. The van der Waals surface area contributed by atoms with Gasteiger partial charge < -0.3 is 19.7 Å². The van der Waals surface area contributed by atoms with E-state index in [0.717, 1.165) is 56.5 Å². The summed E-state index contributed by atoms with van der Waals surface area (Å²) in [6.07, 6.45) is 0. The lowest BCUT2D eigenvalue weighted by Crippen LogP contribution is -2.47. The third kappa shape index (κ3) is 3.66. The monoisotopic (exact) mass is 339 g/mol. The van der Waals surface area contributed by atoms with Gasteiger partial charge >= 0.3 is 0 Å². The molecule has 2 aliphatic heterocycles. The highest BCUT2D eigenvalue weighted by atomic mass is 16.7. The zero-order valence-corrected chi connectivity index (χ0v) is 14.7. The predicted molar refractivity (Wildman–Crippen MR) is 101 cm³/mol. The maximum Gasteiger partial charge on any atom is 0.231 e. The van der Waals surface area contributed by atoms with Crippen molar-refractivity contribution < 1.29 is 9.47 Å². The maximum atomic E-state index is 5.42. The first-order valence-corrected chi connectivity index (χ1v) is 8.96. The Labute approximate surface area is 149 Å². The summed E-state index contributed by atoms with van der Waals surface area (Å²) < 4.78 is 10.8. The Morgan fingerprint density at radius 1 is 0.960 bits per heavy atom. The van der Waals surface area contributed by atoms with Crippen LogP contribution in [0.15, 0.2) is 42.5 Å². The molecule has 0 aromatic heterocycles. The van der Waals surface area contributed by atoms with Gasteiger partial charge in [0.25, 0.3) is 0 Å². The number of ether oxygens (including phenoxy) is 2. The number of para-hydroxylation sites is 1. The molecule has 2 aromatic rings. The van der Waals surface area contributed by atoms with Crippen molar-refractivity contribution in [2.45, 2.75) is 6.92 Å². The van der Waals surface area contributed by atoms with E-state index in [0.29, 0.717) is 6.79 Å². The molecule has 2 aliphatic rings. The summed E-state index contributed by atoms with van der Waals surface area (Å²) in [6.45, 7) is 8.90. The summed E-state index contributed by atoms with van der Waals surface area (Å²) in [5, 5.41) is 3.48. The largest absolute Gasteiger partial charge is 0.454 e. The first-order chi connectivity index (χ1) is 12.3. The molecule has 0 aliphatic carbocycles. The Bertz CT molecular complexity index is 727. The minimum atomic E-state index is 0.323. The second-order valence-electron chi connectivity index (χ2n) is 6.61. The molecule has 0 spiro atoms. The maximum absolute atomic E-state index is 5.42. The molecule has 0 radical (unpaired) electrons. The first kappa shape index (κ1) is 16.1. The molecule has 132 valence electrons. The summed E-state index contributed by atoms with van der Waals surface area (Å²) >= 11 is 0. The molecular formula is C20H25N3O2. The van der Waals surface area contributed by atoms with Crippen LogP contribution in [0.3, 0.4) is 0 Å². The topological polar surface area (TPSA) is 37.0 Å². The van der Waals surface area contributed by atoms with Gasteiger partial charge in [0.05, 0.1) is 0 Å². The van der Waals surface area contributed by atoms with Crippen LogP contribution in [-0.4, -0.2) is 51.0 Å². The highest BCUT2D eigenvalue weighted by molar-refractivity contribution is 5.55. The second kappa shape index (κ2) is 7.23. The average molecular weight is 339 g/mol. The van der Waals surface area contributed by atoms with Gasteiger partial charge in [-0.2, -0.15) is 0 Å². The summed E-state index contributed by atoms with van der Waals surface area (Å²) in [4.78, 5) is 5.02. The molecule has 1 fully saturated rings. The van der Waals surface area contributed by atoms with Crippen LogP contribution in [0.5, 0.6) is 11.5 Å². The van der Waals surface area contributed by atoms with Crippen LogP contribution in [0, 0.1) is 6.92 Å². The van der Waals surface area contributed by atoms with Crippen molar-refractivity contribution in [3.05, 3.63) is 48.0 Å². The SMILES string of the molecule is Cc1ccccc1N1CCN(CCNc2ccc3c(c2)OCO3)CC1. The molecule has 1 N–H and O–H groups in total. The number of nitrogens with zero attached hydrogens (tertiary/aromatic N) is 2. The molecule has 0 unspecified atom stereocenters. The van der Waals surface area contributed by atoms with E-state index >= 15 is 0 Å². The number of fused-ring (bicyclic) bond motifs is 1. The van der Waals surface area contributed by atoms with Crippen LogP contribution in [0.1, 0.15) is 5.56 Å². The second-order valence-corrected chi connectivity index (χ2v) is 6.61. The fraction of sp³-hybridized carbons (Fsp3) is 0.400. The van der Waals surface area contributed by atoms with E-state index in [4.69, 9.17) is 9.47 Å². The molecule has 0 bridgehead atoms. The molecule has 5 heteroatoms. The van der Waals surface area contributed by atoms with Crippen molar-refractivity contribution in [1.29, 1.82) is 0 Å². The van der Waals surface area contributed by atoms with Gasteiger partial charge in [-0.3, -0.25) is 4.90 Å². The van der Waals surface area contributed by atoms with Gasteiger partial charge in [0, 0.05) is 56.7 Å². The Morgan fingerprint density at radius 3 is 2.60 bits per heavy atom. The number of benzene rings is 2. The van der Waals surface area contributed by atoms with Crippen molar-refractivity contribution in [2.24, 2.45) is 0 Å². The number of hydrogen-bond donors (Lipinski definition) is 1. The molecule has 4 rings (SSSR count). The zero-order valence-electron chi connectivity index (χ0n) is 14.7. The molecule has 0 saturated carbocycles. The van der Waals surface area contributed by atoms with Crippen molar-refractivity contribution in [2.75, 3.05) is 56.3 Å². The molecule has 25 heavy (non-hydrogen) atoms. The molecule has 2 aromatic carbocycles. The van der Waals surface area contributed by atoms with Gasteiger partial charge in [-0.1, -0.05) is 18.2 Å². The Kier molecular flexibility index (Phi) is 4.65. The Morgan fingerprint density at radius 2 is 1.76 bits per heavy atom. The van der Waals surface area contributed by atoms with Gasteiger partial charge in [0.2, 0.25) is 6.79 Å². The van der Waals surface area contributed by atoms with Crippen molar-refractivity contribution in [3.63, 3.8) is 0 Å². The normalized spacial score (nSPS) is 16.9. The van der Waals surface area contributed by atoms with Crippen LogP contribution in [0.2, 0.25) is 0 Å². The lowest BCUT2D eigenvalue weighted by atomic mass is 10.1. The van der Waals surface area contributed by atoms with E-state index < -0.39 is 0 Å². The Balaban J connectivity index is 1.23. The van der Waals surface area contributed by atoms with E-state index in [9.17, 15) is 0 Å². The molecule has 0 atom stereocenters. The van der Waals surface area contributed by atoms with Crippen LogP contribution in [-0.2, 0) is 0 Å². The Hall–Kier alpha value is -2.40. The third-order valence-corrected chi connectivity index (χ3v) is 4.96. The molecular weight excluding hydrogens is 314 g/mol. The highest BCUT2D eigenvalue weighted by Crippen LogP contribution is 2.34. The highest BCUT2D eigenvalue weighted by Gasteiger charge is 2.18. The summed E-state index contributed by atoms with van der Waals surface area (Å²) in [6, 6.07) is 14.7. The quantitative estimate of drug-likeness (QED) is 0.906. The number of rotatable bonds is 5. The van der Waals surface area contributed by atoms with Crippen LogP contribution < -0.4 is 19.7 Å². The van der Waals surface area contributed by atoms with Crippen LogP contribution in [0.25, 0.3) is 0 Å². The summed E-state index contributed by atoms with van der Waals surface area (Å²) in [5.41, 5.74) is 3.82. The minimum Gasteiger partial charge on any atom is -0.454 e. The third-order valence-electron chi connectivity index (χ3n) is 4.96. The number of piperazine rings is 1. The van der Waals surface area contributed by atoms with E-state index in [2.05, 4.69) is 46.3 Å². The molecule has 5 nitrogen and oxygen atoms in total. The summed E-state index contributed by atoms with van der Waals surface area (Å²) in [7, 11) is 0. The van der Waals surface area contributed by atoms with Crippen molar-refractivity contribution in [3.8, 4) is 11.5 Å². The van der Waals surface area contributed by atoms with Crippen molar-refractivity contribution >= 4 is 11.4 Å². The average Bonchev–Trinajstić information content (AvgIpc) is 3.11. The molecule has 0 amide bonds. The van der Waals surface area contributed by atoms with Gasteiger partial charge in [-0.05, 0) is 30.7 Å². The minimum absolute atomic E-state index is 0.323. The van der Waals surface area contributed by atoms with Gasteiger partial charge in [0.15, 0.2) is 11.5 Å². The van der Waals surface area contributed by atoms with Crippen LogP contribution in [0.4, 0.5) is 11.4 Å². The number of nitrogens with one attached hydrogen (secondary N) is 1. The zero-order chi connectivity index (χ0) is 17.1. The van der Waals surface area contributed by atoms with E-state index in [1.54, 1.807) is 0 Å². The smallest absolute Gasteiger partial charge is 0.231 e. The van der Waals surface area contributed by atoms with E-state index in [1.807, 2.05) is 18.2 Å². The number of hydrogen-bond acceptors (Lipinski definition) is 5. The summed E-state index contributed by atoms with van der Waals surface area (Å²) in [5.74, 6) is 1.66. The fourth-order valence-electron chi connectivity index (χ4n) is 3.50. The van der Waals surface area contributed by atoms with E-state index in [1.165, 1.54) is 11.3 Å². The number of anilines is 2. The predicted octanol–water partition coefficient (Wildman–Crippen LogP) is 2.96. The van der Waals surface area contributed by atoms with Gasteiger partial charge in [-0.25, -0.2) is 0 Å². The van der Waals surface area contributed by atoms with Crippen LogP contribution >= 0.6 is 0 Å². The number of aryl methyl sites for hydroxylation is 1. The molecule has 1 saturated heterocycles. The van der Waals surface area contributed by atoms with Crippen molar-refractivity contribution in [1.82, 2.24) is 4.90 Å². The first-order valence-electron chi connectivity index (χ1n) is 8.96. The molecule has 2 heterocycles. The van der Waals surface area contributed by atoms with E-state index in [-0.39, 0.29) is 0 Å². The fourth-order valence-corrected chi connectivity index (χ4v) is 3.50. The van der Waals surface area contributed by atoms with Gasteiger partial charge in [0.1, 0.15) is 0 Å². The lowest BCUT2D eigenvalue weighted by Gasteiger charge is -2.36.